The molecule has 0 aliphatic carbocycles. The predicted octanol–water partition coefficient (Wildman–Crippen LogP) is 3.64. The van der Waals surface area contributed by atoms with E-state index in [0.717, 1.165) is 34.0 Å². The van der Waals surface area contributed by atoms with E-state index in [9.17, 15) is 8.42 Å². The van der Waals surface area contributed by atoms with E-state index in [2.05, 4.69) is 14.6 Å². The fourth-order valence-corrected chi connectivity index (χ4v) is 5.05. The van der Waals surface area contributed by atoms with Crippen molar-refractivity contribution in [1.29, 1.82) is 0 Å². The Morgan fingerprint density at radius 3 is 2.57 bits per heavy atom. The molecule has 2 aromatic heterocycles. The number of nitrogens with one attached hydrogen (secondary N) is 1. The van der Waals surface area contributed by atoms with Crippen molar-refractivity contribution in [3.8, 4) is 22.9 Å². The van der Waals surface area contributed by atoms with Crippen LogP contribution in [0.4, 0.5) is 11.6 Å². The number of hydrogen-bond donors (Lipinski definition) is 1. The third kappa shape index (κ3) is 4.44. The minimum atomic E-state index is -3.36. The van der Waals surface area contributed by atoms with Crippen molar-refractivity contribution in [2.24, 2.45) is 0 Å². The van der Waals surface area contributed by atoms with E-state index in [0.29, 0.717) is 48.3 Å². The molecule has 35 heavy (non-hydrogen) atoms. The second-order valence-electron chi connectivity index (χ2n) is 8.27. The summed E-state index contributed by atoms with van der Waals surface area (Å²) in [4.78, 5) is 16.2. The standard InChI is InChI=1S/C25H25N5O4S/c1-33-21-11-10-20-23(22(21)19-8-4-5-13-26-19)24(34-2)28-25(27-20)30-14-12-17-16(15-30)7-6-9-18(17)29-35(3,31)32/h4-11,13,29H,12,14-15H2,1-3H3. The summed E-state index contributed by atoms with van der Waals surface area (Å²) in [5.41, 5.74) is 4.86. The van der Waals surface area contributed by atoms with Crippen LogP contribution >= 0.6 is 0 Å². The highest BCUT2D eigenvalue weighted by Gasteiger charge is 2.25. The molecule has 0 bridgehead atoms. The third-order valence-electron chi connectivity index (χ3n) is 5.96. The number of sulfonamides is 1. The van der Waals surface area contributed by atoms with Gasteiger partial charge >= 0.3 is 0 Å². The van der Waals surface area contributed by atoms with Gasteiger partial charge in [-0.1, -0.05) is 18.2 Å². The van der Waals surface area contributed by atoms with Crippen molar-refractivity contribution >= 4 is 32.6 Å². The van der Waals surface area contributed by atoms with Crippen LogP contribution in [0.1, 0.15) is 11.1 Å². The van der Waals surface area contributed by atoms with Crippen molar-refractivity contribution in [1.82, 2.24) is 15.0 Å². The Morgan fingerprint density at radius 2 is 1.86 bits per heavy atom. The van der Waals surface area contributed by atoms with Crippen LogP contribution < -0.4 is 19.1 Å². The summed E-state index contributed by atoms with van der Waals surface area (Å²) < 4.78 is 37.5. The zero-order chi connectivity index (χ0) is 24.6. The number of methoxy groups -OCH3 is 2. The lowest BCUT2D eigenvalue weighted by Gasteiger charge is -2.30. The van der Waals surface area contributed by atoms with Crippen LogP contribution in [-0.4, -0.2) is 50.4 Å². The molecule has 10 heteroatoms. The lowest BCUT2D eigenvalue weighted by Crippen LogP contribution is -2.32. The molecule has 0 saturated carbocycles. The maximum absolute atomic E-state index is 11.8. The molecular formula is C25H25N5O4S. The molecule has 1 N–H and O–H groups in total. The first-order chi connectivity index (χ1) is 16.9. The molecule has 2 aromatic carbocycles. The first-order valence-corrected chi connectivity index (χ1v) is 12.9. The van der Waals surface area contributed by atoms with Gasteiger partial charge in [-0.2, -0.15) is 4.98 Å². The predicted molar refractivity (Wildman–Crippen MR) is 136 cm³/mol. The van der Waals surface area contributed by atoms with Crippen molar-refractivity contribution in [2.75, 3.05) is 36.6 Å². The van der Waals surface area contributed by atoms with E-state index in [1.54, 1.807) is 26.5 Å². The number of anilines is 2. The fraction of sp³-hybridized carbons (Fsp3) is 0.240. The van der Waals surface area contributed by atoms with Gasteiger partial charge in [0.05, 0.1) is 48.3 Å². The molecule has 0 atom stereocenters. The average molecular weight is 492 g/mol. The largest absolute Gasteiger partial charge is 0.496 e. The first-order valence-electron chi connectivity index (χ1n) is 11.1. The Kier molecular flexibility index (Phi) is 5.89. The summed E-state index contributed by atoms with van der Waals surface area (Å²) in [5, 5.41) is 0.728. The van der Waals surface area contributed by atoms with Crippen LogP contribution in [0.15, 0.2) is 54.7 Å². The van der Waals surface area contributed by atoms with Crippen LogP contribution in [0.3, 0.4) is 0 Å². The van der Waals surface area contributed by atoms with Gasteiger partial charge in [0, 0.05) is 19.3 Å². The summed E-state index contributed by atoms with van der Waals surface area (Å²) in [6.45, 7) is 1.18. The monoisotopic (exact) mass is 491 g/mol. The maximum Gasteiger partial charge on any atom is 0.229 e. The van der Waals surface area contributed by atoms with Gasteiger partial charge in [0.25, 0.3) is 0 Å². The topological polar surface area (TPSA) is 107 Å². The molecule has 9 nitrogen and oxygen atoms in total. The molecule has 180 valence electrons. The summed E-state index contributed by atoms with van der Waals surface area (Å²) in [5.74, 6) is 1.63. The highest BCUT2D eigenvalue weighted by Crippen LogP contribution is 2.40. The van der Waals surface area contributed by atoms with E-state index in [-0.39, 0.29) is 0 Å². The third-order valence-corrected chi connectivity index (χ3v) is 6.55. The van der Waals surface area contributed by atoms with E-state index in [1.807, 2.05) is 42.5 Å². The normalized spacial score (nSPS) is 13.4. The highest BCUT2D eigenvalue weighted by atomic mass is 32.2. The molecular weight excluding hydrogens is 466 g/mol. The summed E-state index contributed by atoms with van der Waals surface area (Å²) >= 11 is 0. The molecule has 0 spiro atoms. The van der Waals surface area contributed by atoms with Gasteiger partial charge in [0.15, 0.2) is 0 Å². The molecule has 1 aliphatic heterocycles. The smallest absolute Gasteiger partial charge is 0.229 e. The quantitative estimate of drug-likeness (QED) is 0.436. The number of fused-ring (bicyclic) bond motifs is 2. The maximum atomic E-state index is 11.8. The van der Waals surface area contributed by atoms with Gasteiger partial charge in [-0.25, -0.2) is 13.4 Å². The molecule has 4 aromatic rings. The van der Waals surface area contributed by atoms with Gasteiger partial charge in [0.1, 0.15) is 5.75 Å². The minimum absolute atomic E-state index is 0.433. The van der Waals surface area contributed by atoms with E-state index in [1.165, 1.54) is 0 Å². The van der Waals surface area contributed by atoms with Crippen LogP contribution in [-0.2, 0) is 23.0 Å². The van der Waals surface area contributed by atoms with Crippen molar-refractivity contribution in [2.45, 2.75) is 13.0 Å². The number of pyridine rings is 1. The Labute approximate surface area is 203 Å². The van der Waals surface area contributed by atoms with Crippen LogP contribution in [0.2, 0.25) is 0 Å². The van der Waals surface area contributed by atoms with Gasteiger partial charge < -0.3 is 14.4 Å². The second-order valence-corrected chi connectivity index (χ2v) is 10.0. The number of benzene rings is 2. The zero-order valence-corrected chi connectivity index (χ0v) is 20.5. The molecule has 1 aliphatic rings. The molecule has 0 fully saturated rings. The Morgan fingerprint density at radius 1 is 1.00 bits per heavy atom. The lowest BCUT2D eigenvalue weighted by atomic mass is 9.98. The molecule has 5 rings (SSSR count). The van der Waals surface area contributed by atoms with E-state index < -0.39 is 10.0 Å². The van der Waals surface area contributed by atoms with Gasteiger partial charge in [-0.05, 0) is 47.9 Å². The van der Waals surface area contributed by atoms with Crippen LogP contribution in [0.25, 0.3) is 22.2 Å². The van der Waals surface area contributed by atoms with Crippen molar-refractivity contribution in [3.63, 3.8) is 0 Å². The number of nitrogens with zero attached hydrogens (tertiary/aromatic N) is 4. The second kappa shape index (κ2) is 9.03. The van der Waals surface area contributed by atoms with E-state index >= 15 is 0 Å². The Bertz CT molecular complexity index is 1510. The van der Waals surface area contributed by atoms with Gasteiger partial charge in [-0.15, -0.1) is 0 Å². The number of hydrogen-bond acceptors (Lipinski definition) is 8. The summed E-state index contributed by atoms with van der Waals surface area (Å²) in [6, 6.07) is 15.1. The molecule has 3 heterocycles. The molecule has 0 unspecified atom stereocenters. The van der Waals surface area contributed by atoms with E-state index in [4.69, 9.17) is 19.4 Å². The fourth-order valence-electron chi connectivity index (χ4n) is 4.46. The van der Waals surface area contributed by atoms with Crippen LogP contribution in [0, 0.1) is 0 Å². The summed E-state index contributed by atoms with van der Waals surface area (Å²) in [7, 11) is -0.159. The molecule has 0 amide bonds. The molecule has 0 saturated heterocycles. The van der Waals surface area contributed by atoms with Gasteiger partial charge in [0.2, 0.25) is 21.9 Å². The highest BCUT2D eigenvalue weighted by molar-refractivity contribution is 7.92. The zero-order valence-electron chi connectivity index (χ0n) is 19.6. The Hall–Kier alpha value is -3.92. The van der Waals surface area contributed by atoms with Crippen molar-refractivity contribution < 1.29 is 17.9 Å². The Balaban J connectivity index is 1.58. The minimum Gasteiger partial charge on any atom is -0.496 e. The number of aromatic nitrogens is 3. The number of ether oxygens (including phenoxy) is 2. The SMILES string of the molecule is COc1ccc2nc(N3CCc4c(cccc4NS(C)(=O)=O)C3)nc(OC)c2c1-c1ccccn1. The molecule has 0 radical (unpaired) electrons. The first kappa shape index (κ1) is 22.9. The number of rotatable bonds is 6. The van der Waals surface area contributed by atoms with Crippen molar-refractivity contribution in [3.05, 3.63) is 65.9 Å². The van der Waals surface area contributed by atoms with Gasteiger partial charge in [-0.3, -0.25) is 9.71 Å². The summed E-state index contributed by atoms with van der Waals surface area (Å²) in [6.07, 6.45) is 3.54. The lowest BCUT2D eigenvalue weighted by molar-refractivity contribution is 0.401. The van der Waals surface area contributed by atoms with Crippen LogP contribution in [0.5, 0.6) is 11.6 Å². The average Bonchev–Trinajstić information content (AvgIpc) is 2.86.